The Morgan fingerprint density at radius 1 is 1.33 bits per heavy atom. The second kappa shape index (κ2) is 12.7. The number of nitrogens with one attached hydrogen (secondary N) is 3. The highest BCUT2D eigenvalue weighted by atomic mass is 32.2. The normalized spacial score (nSPS) is 20.1. The number of aliphatic carboxylic acids is 1. The standard InChI is InChI=1S/C24H24N8O6S4/c1-4-38-28-19(31-9-16(42-29-31)25-12(2)33)20(34)27-17-21(35)32-18(23(36)37)15(11-39-22(17)32)41-24-26-14(10-40-24)13-5-7-30(3)8-6-13/h5-10,17,22,29H,4,11H2,1-3H3,(H2-,25,27,33,34,36,37)/p+1/t17-,22-/m1/s1. The fourth-order valence-corrected chi connectivity index (χ4v) is 8.16. The zero-order valence-electron chi connectivity index (χ0n) is 22.4. The number of thioether (sulfide) groups is 2. The number of amidine groups is 1. The number of fused-ring (bicyclic) bond motifs is 1. The van der Waals surface area contributed by atoms with Gasteiger partial charge in [0.2, 0.25) is 5.91 Å². The molecule has 0 aliphatic carbocycles. The molecule has 5 rings (SSSR count). The number of carbonyl (C=O) groups is 4. The molecule has 0 bridgehead atoms. The van der Waals surface area contributed by atoms with Crippen molar-refractivity contribution in [3.63, 3.8) is 0 Å². The lowest BCUT2D eigenvalue weighted by Crippen LogP contribution is -2.71. The first-order valence-electron chi connectivity index (χ1n) is 12.4. The Bertz CT molecular complexity index is 1520. The minimum Gasteiger partial charge on any atom is -0.477 e. The first-order valence-corrected chi connectivity index (χ1v) is 15.9. The lowest BCUT2D eigenvalue weighted by molar-refractivity contribution is -0.671. The molecular formula is C24H25N8O6S4+. The van der Waals surface area contributed by atoms with Gasteiger partial charge in [0, 0.05) is 40.7 Å². The van der Waals surface area contributed by atoms with E-state index in [0.29, 0.717) is 20.0 Å². The molecule has 42 heavy (non-hydrogen) atoms. The van der Waals surface area contributed by atoms with Crippen LogP contribution in [0.4, 0.5) is 0 Å². The van der Waals surface area contributed by atoms with E-state index < -0.39 is 29.2 Å². The minimum absolute atomic E-state index is 0.119. The summed E-state index contributed by atoms with van der Waals surface area (Å²) in [6.07, 6.45) is 5.28. The topological polar surface area (TPSA) is 169 Å². The van der Waals surface area contributed by atoms with Crippen LogP contribution in [0.25, 0.3) is 11.3 Å². The third-order valence-corrected chi connectivity index (χ3v) is 10.1. The molecule has 4 N–H and O–H groups in total. The number of carboxylic acids is 1. The van der Waals surface area contributed by atoms with Crippen LogP contribution in [0.2, 0.25) is 0 Å². The predicted octanol–water partition coefficient (Wildman–Crippen LogP) is 1.18. The molecule has 1 fully saturated rings. The Morgan fingerprint density at radius 3 is 2.79 bits per heavy atom. The maximum atomic E-state index is 13.2. The highest BCUT2D eigenvalue weighted by Crippen LogP contribution is 2.46. The number of hydrogen-bond acceptors (Lipinski definition) is 12. The van der Waals surface area contributed by atoms with Gasteiger partial charge in [-0.3, -0.25) is 19.3 Å². The average molecular weight is 650 g/mol. The van der Waals surface area contributed by atoms with Crippen molar-refractivity contribution < 1.29 is 33.7 Å². The maximum Gasteiger partial charge on any atom is 0.353 e. The van der Waals surface area contributed by atoms with Crippen LogP contribution < -0.4 is 20.0 Å². The lowest BCUT2D eigenvalue weighted by atomic mass is 10.0. The number of pyridine rings is 1. The molecule has 14 nitrogen and oxygen atoms in total. The van der Waals surface area contributed by atoms with Gasteiger partial charge in [0.25, 0.3) is 17.6 Å². The molecule has 18 heteroatoms. The number of carboxylic acid groups (broad SMARTS) is 1. The predicted molar refractivity (Wildman–Crippen MR) is 158 cm³/mol. The molecule has 0 spiro atoms. The van der Waals surface area contributed by atoms with Gasteiger partial charge in [0.15, 0.2) is 16.7 Å². The van der Waals surface area contributed by atoms with Gasteiger partial charge in [0.05, 0.1) is 11.9 Å². The second-order valence-corrected chi connectivity index (χ2v) is 13.0. The Hall–Kier alpha value is -3.58. The number of thiazole rings is 1. The van der Waals surface area contributed by atoms with Gasteiger partial charge in [-0.1, -0.05) is 16.9 Å². The van der Waals surface area contributed by atoms with Crippen molar-refractivity contribution in [2.24, 2.45) is 12.2 Å². The van der Waals surface area contributed by atoms with E-state index in [-0.39, 0.29) is 24.0 Å². The highest BCUT2D eigenvalue weighted by Gasteiger charge is 2.55. The SMILES string of the molecule is CCON=C(C(=O)N[C@@H]1C(=O)N2C(C(=O)O)=C(Sc3nc(-c4cc[n+](C)cc4)cs3)CS[C@H]12)N1C=C(NC(C)=O)SN1. The first kappa shape index (κ1) is 29.9. The molecule has 3 aliphatic heterocycles. The van der Waals surface area contributed by atoms with Crippen molar-refractivity contribution >= 4 is 76.3 Å². The number of aryl methyl sites for hydroxylation is 1. The van der Waals surface area contributed by atoms with Gasteiger partial charge in [-0.25, -0.2) is 19.4 Å². The van der Waals surface area contributed by atoms with E-state index in [9.17, 15) is 24.3 Å². The van der Waals surface area contributed by atoms with E-state index in [1.807, 2.05) is 41.5 Å². The number of hydrogen-bond donors (Lipinski definition) is 4. The molecule has 5 heterocycles. The van der Waals surface area contributed by atoms with Gasteiger partial charge in [0.1, 0.15) is 35.8 Å². The van der Waals surface area contributed by atoms with E-state index in [1.165, 1.54) is 57.9 Å². The zero-order valence-corrected chi connectivity index (χ0v) is 25.7. The van der Waals surface area contributed by atoms with Crippen LogP contribution in [0.3, 0.4) is 0 Å². The number of hydrazine groups is 1. The van der Waals surface area contributed by atoms with Crippen LogP contribution in [-0.2, 0) is 31.1 Å². The molecule has 2 aromatic heterocycles. The summed E-state index contributed by atoms with van der Waals surface area (Å²) in [7, 11) is 1.92. The number of oxime groups is 1. The fourth-order valence-electron chi connectivity index (χ4n) is 4.01. The molecule has 3 amide bonds. The Labute approximate surface area is 256 Å². The average Bonchev–Trinajstić information content (AvgIpc) is 3.61. The van der Waals surface area contributed by atoms with Gasteiger partial charge in [-0.05, 0) is 18.9 Å². The quantitative estimate of drug-likeness (QED) is 0.0806. The van der Waals surface area contributed by atoms with Crippen LogP contribution in [-0.4, -0.2) is 73.3 Å². The summed E-state index contributed by atoms with van der Waals surface area (Å²) in [5.41, 5.74) is 1.60. The molecule has 0 unspecified atom stereocenters. The summed E-state index contributed by atoms with van der Waals surface area (Å²) in [4.78, 5) is 64.3. The fraction of sp³-hybridized carbons (Fsp3) is 0.292. The van der Waals surface area contributed by atoms with Crippen LogP contribution >= 0.6 is 46.8 Å². The minimum atomic E-state index is -1.24. The molecule has 2 atom stereocenters. The van der Waals surface area contributed by atoms with Gasteiger partial charge in [-0.2, -0.15) is 4.83 Å². The molecule has 0 aromatic carbocycles. The van der Waals surface area contributed by atoms with E-state index in [0.717, 1.165) is 23.2 Å². The van der Waals surface area contributed by atoms with Gasteiger partial charge < -0.3 is 20.6 Å². The largest absolute Gasteiger partial charge is 0.477 e. The Morgan fingerprint density at radius 2 is 2.10 bits per heavy atom. The van der Waals surface area contributed by atoms with Crippen molar-refractivity contribution in [1.29, 1.82) is 0 Å². The molecule has 1 saturated heterocycles. The highest BCUT2D eigenvalue weighted by molar-refractivity contribution is 8.07. The van der Waals surface area contributed by atoms with E-state index in [2.05, 4.69) is 25.6 Å². The molecule has 0 radical (unpaired) electrons. The summed E-state index contributed by atoms with van der Waals surface area (Å²) in [5.74, 6) is -2.69. The van der Waals surface area contributed by atoms with Crippen LogP contribution in [0.5, 0.6) is 0 Å². The first-order chi connectivity index (χ1) is 20.2. The second-order valence-electron chi connectivity index (χ2n) is 8.86. The smallest absolute Gasteiger partial charge is 0.353 e. The maximum absolute atomic E-state index is 13.2. The van der Waals surface area contributed by atoms with Crippen LogP contribution in [0.1, 0.15) is 13.8 Å². The van der Waals surface area contributed by atoms with E-state index >= 15 is 0 Å². The summed E-state index contributed by atoms with van der Waals surface area (Å²) >= 11 is 5.01. The molecule has 2 aromatic rings. The molecule has 3 aliphatic rings. The number of aromatic nitrogens is 2. The molecular weight excluding hydrogens is 625 g/mol. The number of carbonyl (C=O) groups excluding carboxylic acids is 3. The van der Waals surface area contributed by atoms with Crippen LogP contribution in [0, 0.1) is 0 Å². The van der Waals surface area contributed by atoms with Crippen molar-refractivity contribution in [3.8, 4) is 11.3 Å². The Kier molecular flexibility index (Phi) is 9.07. The van der Waals surface area contributed by atoms with Gasteiger partial charge >= 0.3 is 5.97 Å². The molecule has 0 saturated carbocycles. The molecule has 220 valence electrons. The van der Waals surface area contributed by atoms with Crippen molar-refractivity contribution in [3.05, 3.63) is 51.7 Å². The number of nitrogens with zero attached hydrogens (tertiary/aromatic N) is 5. The van der Waals surface area contributed by atoms with Crippen LogP contribution in [0.15, 0.2) is 61.2 Å². The third kappa shape index (κ3) is 6.26. The van der Waals surface area contributed by atoms with Gasteiger partial charge in [-0.15, -0.1) is 23.1 Å². The van der Waals surface area contributed by atoms with Crippen molar-refractivity contribution in [2.75, 3.05) is 12.4 Å². The number of rotatable bonds is 8. The summed E-state index contributed by atoms with van der Waals surface area (Å²) in [6.45, 7) is 3.23. The summed E-state index contributed by atoms with van der Waals surface area (Å²) in [6, 6.07) is 2.91. The van der Waals surface area contributed by atoms with Crippen molar-refractivity contribution in [2.45, 2.75) is 29.6 Å². The van der Waals surface area contributed by atoms with E-state index in [4.69, 9.17) is 4.84 Å². The zero-order chi connectivity index (χ0) is 30.0. The summed E-state index contributed by atoms with van der Waals surface area (Å²) in [5, 5.41) is 22.1. The lowest BCUT2D eigenvalue weighted by Gasteiger charge is -2.49. The van der Waals surface area contributed by atoms with E-state index in [1.54, 1.807) is 6.92 Å². The van der Waals surface area contributed by atoms with Crippen molar-refractivity contribution in [1.82, 2.24) is 30.4 Å². The summed E-state index contributed by atoms with van der Waals surface area (Å²) < 4.78 is 2.57. The number of amides is 3. The number of β-lactam (4-membered cyclic amide) rings is 1. The monoisotopic (exact) mass is 649 g/mol. The Balaban J connectivity index is 1.30. The third-order valence-electron chi connectivity index (χ3n) is 5.90.